The number of nitrogens with two attached hydrogens (primary N) is 1. The van der Waals surface area contributed by atoms with Crippen LogP contribution in [0.15, 0.2) is 0 Å². The van der Waals surface area contributed by atoms with Gasteiger partial charge in [-0.3, -0.25) is 5.41 Å². The highest BCUT2D eigenvalue weighted by atomic mass is 15.3. The van der Waals surface area contributed by atoms with Gasteiger partial charge in [-0.1, -0.05) is 6.92 Å². The third kappa shape index (κ3) is 1.59. The molecule has 3 N–H and O–H groups in total. The van der Waals surface area contributed by atoms with Gasteiger partial charge in [-0.2, -0.15) is 0 Å². The van der Waals surface area contributed by atoms with Crippen LogP contribution >= 0.6 is 0 Å². The zero-order valence-electron chi connectivity index (χ0n) is 8.87. The van der Waals surface area contributed by atoms with E-state index in [9.17, 15) is 0 Å². The number of fused-ring (bicyclic) bond motifs is 2. The number of nitrogens with one attached hydrogen (secondary N) is 1. The lowest BCUT2D eigenvalue weighted by Crippen LogP contribution is -2.46. The van der Waals surface area contributed by atoms with Gasteiger partial charge in [0.15, 0.2) is 5.96 Å². The lowest BCUT2D eigenvalue weighted by atomic mass is 10.1. The number of likely N-dealkylation sites (tertiary alicyclic amines) is 1. The van der Waals surface area contributed by atoms with Crippen LogP contribution in [-0.4, -0.2) is 47.5 Å². The molecule has 4 heteroatoms. The summed E-state index contributed by atoms with van der Waals surface area (Å²) in [5.41, 5.74) is 5.64. The highest BCUT2D eigenvalue weighted by Crippen LogP contribution is 2.29. The van der Waals surface area contributed by atoms with Crippen LogP contribution in [0.4, 0.5) is 0 Å². The molecule has 0 spiro atoms. The fourth-order valence-electron chi connectivity index (χ4n) is 2.83. The number of guanidine groups is 1. The second kappa shape index (κ2) is 3.77. The van der Waals surface area contributed by atoms with Gasteiger partial charge in [0, 0.05) is 25.2 Å². The number of likely N-dealkylation sites (N-methyl/N-ethyl adjacent to an activating group) is 1. The monoisotopic (exact) mass is 196 g/mol. The summed E-state index contributed by atoms with van der Waals surface area (Å²) in [6.45, 7) is 5.58. The topological polar surface area (TPSA) is 56.4 Å². The Morgan fingerprint density at radius 3 is 2.71 bits per heavy atom. The van der Waals surface area contributed by atoms with E-state index in [4.69, 9.17) is 11.1 Å². The number of rotatable bonds is 1. The highest BCUT2D eigenvalue weighted by Gasteiger charge is 2.37. The molecule has 0 amide bonds. The molecular weight excluding hydrogens is 176 g/mol. The van der Waals surface area contributed by atoms with Gasteiger partial charge in [-0.25, -0.2) is 0 Å². The van der Waals surface area contributed by atoms with E-state index in [2.05, 4.69) is 16.7 Å². The summed E-state index contributed by atoms with van der Waals surface area (Å²) in [5.74, 6) is 0.274. The Labute approximate surface area is 85.6 Å². The van der Waals surface area contributed by atoms with Gasteiger partial charge in [0.1, 0.15) is 0 Å². The molecule has 2 aliphatic heterocycles. The van der Waals surface area contributed by atoms with Crippen molar-refractivity contribution >= 4 is 5.96 Å². The van der Waals surface area contributed by atoms with Crippen LogP contribution in [0.3, 0.4) is 0 Å². The Kier molecular flexibility index (Phi) is 2.63. The Balaban J connectivity index is 2.10. The molecular formula is C10H20N4. The van der Waals surface area contributed by atoms with Crippen LogP contribution in [0.2, 0.25) is 0 Å². The average molecular weight is 196 g/mol. The summed E-state index contributed by atoms with van der Waals surface area (Å²) >= 11 is 0. The standard InChI is InChI=1S/C10H20N4/c1-2-13-6-5-8-3-4-9(7-13)14(8)10(11)12/h8-9H,2-7H2,1H3,(H3,11,12). The molecule has 4 nitrogen and oxygen atoms in total. The first-order chi connectivity index (χ1) is 6.72. The maximum absolute atomic E-state index is 7.59. The molecule has 0 radical (unpaired) electrons. The molecule has 14 heavy (non-hydrogen) atoms. The largest absolute Gasteiger partial charge is 0.370 e. The summed E-state index contributed by atoms with van der Waals surface area (Å²) in [4.78, 5) is 4.61. The van der Waals surface area contributed by atoms with E-state index in [1.54, 1.807) is 0 Å². The second-order valence-corrected chi connectivity index (χ2v) is 4.36. The van der Waals surface area contributed by atoms with Crippen molar-refractivity contribution < 1.29 is 0 Å². The van der Waals surface area contributed by atoms with Crippen molar-refractivity contribution in [3.63, 3.8) is 0 Å². The molecule has 2 saturated heterocycles. The zero-order valence-corrected chi connectivity index (χ0v) is 8.87. The summed E-state index contributed by atoms with van der Waals surface area (Å²) in [6.07, 6.45) is 3.60. The Morgan fingerprint density at radius 2 is 2.07 bits per heavy atom. The minimum atomic E-state index is 0.274. The van der Waals surface area contributed by atoms with Gasteiger partial charge in [-0.15, -0.1) is 0 Å². The van der Waals surface area contributed by atoms with Crippen LogP contribution in [0, 0.1) is 5.41 Å². The van der Waals surface area contributed by atoms with Gasteiger partial charge in [0.05, 0.1) is 0 Å². The van der Waals surface area contributed by atoms with E-state index < -0.39 is 0 Å². The van der Waals surface area contributed by atoms with Crippen molar-refractivity contribution in [1.29, 1.82) is 5.41 Å². The number of hydrogen-bond acceptors (Lipinski definition) is 2. The summed E-state index contributed by atoms with van der Waals surface area (Å²) < 4.78 is 0. The van der Waals surface area contributed by atoms with Crippen molar-refractivity contribution in [2.45, 2.75) is 38.3 Å². The summed E-state index contributed by atoms with van der Waals surface area (Å²) in [6, 6.07) is 1.04. The smallest absolute Gasteiger partial charge is 0.188 e. The number of nitrogens with zero attached hydrogens (tertiary/aromatic N) is 2. The molecule has 0 aromatic carbocycles. The Bertz CT molecular complexity index is 228. The van der Waals surface area contributed by atoms with Crippen molar-refractivity contribution in [3.8, 4) is 0 Å². The third-order valence-corrected chi connectivity index (χ3v) is 3.59. The molecule has 2 unspecified atom stereocenters. The maximum atomic E-state index is 7.59. The van der Waals surface area contributed by atoms with E-state index in [1.165, 1.54) is 25.8 Å². The van der Waals surface area contributed by atoms with Crippen molar-refractivity contribution in [2.75, 3.05) is 19.6 Å². The van der Waals surface area contributed by atoms with E-state index in [-0.39, 0.29) is 5.96 Å². The van der Waals surface area contributed by atoms with E-state index in [1.807, 2.05) is 0 Å². The predicted molar refractivity (Wildman–Crippen MR) is 57.3 cm³/mol. The van der Waals surface area contributed by atoms with Crippen LogP contribution in [0.5, 0.6) is 0 Å². The average Bonchev–Trinajstić information content (AvgIpc) is 2.41. The fourth-order valence-corrected chi connectivity index (χ4v) is 2.83. The first kappa shape index (κ1) is 9.77. The first-order valence-corrected chi connectivity index (χ1v) is 5.57. The molecule has 2 aliphatic rings. The van der Waals surface area contributed by atoms with E-state index in [0.29, 0.717) is 12.1 Å². The predicted octanol–water partition coefficient (Wildman–Crippen LogP) is 0.438. The molecule has 2 bridgehead atoms. The van der Waals surface area contributed by atoms with Crippen LogP contribution in [0.25, 0.3) is 0 Å². The quantitative estimate of drug-likeness (QED) is 0.472. The van der Waals surface area contributed by atoms with Crippen LogP contribution < -0.4 is 5.73 Å². The van der Waals surface area contributed by atoms with Crippen LogP contribution in [-0.2, 0) is 0 Å². The summed E-state index contributed by atoms with van der Waals surface area (Å²) in [7, 11) is 0. The lowest BCUT2D eigenvalue weighted by Gasteiger charge is -2.28. The molecule has 2 rings (SSSR count). The van der Waals surface area contributed by atoms with Crippen molar-refractivity contribution in [3.05, 3.63) is 0 Å². The first-order valence-electron chi connectivity index (χ1n) is 5.57. The SMILES string of the molecule is CCN1CCC2CCC(C1)N2C(=N)N. The minimum absolute atomic E-state index is 0.274. The molecule has 80 valence electrons. The van der Waals surface area contributed by atoms with Crippen LogP contribution in [0.1, 0.15) is 26.2 Å². The molecule has 0 saturated carbocycles. The highest BCUT2D eigenvalue weighted by molar-refractivity contribution is 5.75. The molecule has 0 aromatic heterocycles. The zero-order chi connectivity index (χ0) is 10.1. The Hall–Kier alpha value is -0.770. The molecule has 0 aromatic rings. The number of hydrogen-bond donors (Lipinski definition) is 2. The van der Waals surface area contributed by atoms with Gasteiger partial charge in [0.2, 0.25) is 0 Å². The molecule has 2 atom stereocenters. The molecule has 0 aliphatic carbocycles. The van der Waals surface area contributed by atoms with Gasteiger partial charge in [-0.05, 0) is 25.8 Å². The maximum Gasteiger partial charge on any atom is 0.188 e. The minimum Gasteiger partial charge on any atom is -0.370 e. The second-order valence-electron chi connectivity index (χ2n) is 4.36. The third-order valence-electron chi connectivity index (χ3n) is 3.59. The van der Waals surface area contributed by atoms with E-state index >= 15 is 0 Å². The summed E-state index contributed by atoms with van der Waals surface area (Å²) in [5, 5.41) is 7.59. The normalized spacial score (nSPS) is 33.1. The van der Waals surface area contributed by atoms with Gasteiger partial charge < -0.3 is 15.5 Å². The van der Waals surface area contributed by atoms with Crippen molar-refractivity contribution in [2.24, 2.45) is 5.73 Å². The Morgan fingerprint density at radius 1 is 1.36 bits per heavy atom. The fraction of sp³-hybridized carbons (Fsp3) is 0.900. The van der Waals surface area contributed by atoms with Gasteiger partial charge >= 0.3 is 0 Å². The molecule has 2 heterocycles. The lowest BCUT2D eigenvalue weighted by molar-refractivity contribution is 0.254. The van der Waals surface area contributed by atoms with E-state index in [0.717, 1.165) is 13.1 Å². The van der Waals surface area contributed by atoms with Crippen molar-refractivity contribution in [1.82, 2.24) is 9.80 Å². The van der Waals surface area contributed by atoms with Gasteiger partial charge in [0.25, 0.3) is 0 Å². The molecule has 2 fully saturated rings.